The van der Waals surface area contributed by atoms with Crippen molar-refractivity contribution in [2.45, 2.75) is 25.9 Å². The summed E-state index contributed by atoms with van der Waals surface area (Å²) in [4.78, 5) is 41.9. The van der Waals surface area contributed by atoms with Gasteiger partial charge in [0.05, 0.1) is 10.9 Å². The fraction of sp³-hybridized carbons (Fsp3) is 0.160. The lowest BCUT2D eigenvalue weighted by Crippen LogP contribution is -2.45. The SMILES string of the molecule is Cc1ccc(CNC(=O)[C@H](Cc2ccccc2)n2c(=O)[nH]c3ccccc3c2=O)cc1. The largest absolute Gasteiger partial charge is 0.350 e. The number of benzene rings is 3. The normalized spacial score (nSPS) is 11.9. The Labute approximate surface area is 179 Å². The molecule has 4 aromatic rings. The second-order valence-corrected chi connectivity index (χ2v) is 7.56. The van der Waals surface area contributed by atoms with Crippen LogP contribution in [0, 0.1) is 6.92 Å². The van der Waals surface area contributed by atoms with Gasteiger partial charge in [0.1, 0.15) is 6.04 Å². The number of carbonyl (C=O) groups excluding carboxylic acids is 1. The summed E-state index contributed by atoms with van der Waals surface area (Å²) in [6.45, 7) is 2.31. The molecule has 0 unspecified atom stereocenters. The molecule has 0 aliphatic heterocycles. The van der Waals surface area contributed by atoms with E-state index in [-0.39, 0.29) is 12.3 Å². The molecule has 6 heteroatoms. The first-order chi connectivity index (χ1) is 15.0. The van der Waals surface area contributed by atoms with Gasteiger partial charge in [-0.05, 0) is 30.2 Å². The highest BCUT2D eigenvalue weighted by atomic mass is 16.2. The zero-order valence-electron chi connectivity index (χ0n) is 17.2. The van der Waals surface area contributed by atoms with Gasteiger partial charge in [-0.2, -0.15) is 0 Å². The predicted molar refractivity (Wildman–Crippen MR) is 121 cm³/mol. The number of H-pyrrole nitrogens is 1. The van der Waals surface area contributed by atoms with Gasteiger partial charge in [-0.1, -0.05) is 72.3 Å². The van der Waals surface area contributed by atoms with Gasteiger partial charge >= 0.3 is 5.69 Å². The van der Waals surface area contributed by atoms with Gasteiger partial charge in [0.2, 0.25) is 5.91 Å². The average Bonchev–Trinajstić information content (AvgIpc) is 2.78. The van der Waals surface area contributed by atoms with Crippen LogP contribution in [0.2, 0.25) is 0 Å². The molecule has 1 amide bonds. The number of hydrogen-bond acceptors (Lipinski definition) is 3. The fourth-order valence-corrected chi connectivity index (χ4v) is 3.61. The maximum Gasteiger partial charge on any atom is 0.329 e. The molecule has 1 heterocycles. The third kappa shape index (κ3) is 4.48. The standard InChI is InChI=1S/C25H23N3O3/c1-17-11-13-19(14-12-17)16-26-23(29)22(15-18-7-3-2-4-8-18)28-24(30)20-9-5-6-10-21(20)27-25(28)31/h2-14,22H,15-16H2,1H3,(H,26,29)(H,27,31)/t22-/m0/s1. The van der Waals surface area contributed by atoms with Crippen LogP contribution < -0.4 is 16.6 Å². The van der Waals surface area contributed by atoms with Crippen molar-refractivity contribution in [2.75, 3.05) is 0 Å². The van der Waals surface area contributed by atoms with E-state index < -0.39 is 17.3 Å². The molecule has 3 aromatic carbocycles. The van der Waals surface area contributed by atoms with Gasteiger partial charge in [0.15, 0.2) is 0 Å². The van der Waals surface area contributed by atoms with Gasteiger partial charge in [-0.3, -0.25) is 9.59 Å². The molecule has 156 valence electrons. The second-order valence-electron chi connectivity index (χ2n) is 7.56. The van der Waals surface area contributed by atoms with Crippen molar-refractivity contribution in [3.8, 4) is 0 Å². The molecule has 0 saturated heterocycles. The van der Waals surface area contributed by atoms with Gasteiger partial charge in [0.25, 0.3) is 5.56 Å². The van der Waals surface area contributed by atoms with Crippen LogP contribution in [0.5, 0.6) is 0 Å². The first-order valence-electron chi connectivity index (χ1n) is 10.1. The first kappa shape index (κ1) is 20.3. The number of carbonyl (C=O) groups is 1. The number of amides is 1. The molecular weight excluding hydrogens is 390 g/mol. The highest BCUT2D eigenvalue weighted by Crippen LogP contribution is 2.14. The van der Waals surface area contributed by atoms with E-state index in [1.54, 1.807) is 24.3 Å². The molecule has 2 N–H and O–H groups in total. The maximum absolute atomic E-state index is 13.2. The monoisotopic (exact) mass is 413 g/mol. The molecule has 6 nitrogen and oxygen atoms in total. The van der Waals surface area contributed by atoms with E-state index in [1.165, 1.54) is 0 Å². The van der Waals surface area contributed by atoms with E-state index in [1.807, 2.05) is 61.5 Å². The van der Waals surface area contributed by atoms with Crippen molar-refractivity contribution in [3.05, 3.63) is 116 Å². The van der Waals surface area contributed by atoms with E-state index in [4.69, 9.17) is 0 Å². The summed E-state index contributed by atoms with van der Waals surface area (Å²) >= 11 is 0. The molecule has 31 heavy (non-hydrogen) atoms. The molecule has 4 rings (SSSR count). The van der Waals surface area contributed by atoms with Crippen molar-refractivity contribution in [1.82, 2.24) is 14.9 Å². The second kappa shape index (κ2) is 8.83. The van der Waals surface area contributed by atoms with Crippen LogP contribution in [0.4, 0.5) is 0 Å². The van der Waals surface area contributed by atoms with E-state index in [2.05, 4.69) is 10.3 Å². The van der Waals surface area contributed by atoms with Crippen molar-refractivity contribution in [2.24, 2.45) is 0 Å². The Balaban J connectivity index is 1.71. The third-order valence-corrected chi connectivity index (χ3v) is 5.31. The molecule has 0 saturated carbocycles. The summed E-state index contributed by atoms with van der Waals surface area (Å²) in [6, 6.07) is 23.0. The number of nitrogens with one attached hydrogen (secondary N) is 2. The van der Waals surface area contributed by atoms with Crippen molar-refractivity contribution in [1.29, 1.82) is 0 Å². The Morgan fingerprint density at radius 3 is 2.32 bits per heavy atom. The molecule has 0 bridgehead atoms. The predicted octanol–water partition coefficient (Wildman–Crippen LogP) is 3.10. The van der Waals surface area contributed by atoms with Gasteiger partial charge in [-0.15, -0.1) is 0 Å². The minimum Gasteiger partial charge on any atom is -0.350 e. The van der Waals surface area contributed by atoms with Crippen LogP contribution in [0.3, 0.4) is 0 Å². The summed E-state index contributed by atoms with van der Waals surface area (Å²) in [7, 11) is 0. The fourth-order valence-electron chi connectivity index (χ4n) is 3.61. The van der Waals surface area contributed by atoms with E-state index >= 15 is 0 Å². The van der Waals surface area contributed by atoms with Crippen LogP contribution in [0.15, 0.2) is 88.5 Å². The third-order valence-electron chi connectivity index (χ3n) is 5.31. The van der Waals surface area contributed by atoms with Crippen LogP contribution in [-0.2, 0) is 17.8 Å². The van der Waals surface area contributed by atoms with E-state index in [0.29, 0.717) is 17.4 Å². The Hall–Kier alpha value is -3.93. The van der Waals surface area contributed by atoms with E-state index in [0.717, 1.165) is 21.3 Å². The number of rotatable bonds is 6. The Bertz CT molecular complexity index is 1320. The summed E-state index contributed by atoms with van der Waals surface area (Å²) in [6.07, 6.45) is 0.224. The van der Waals surface area contributed by atoms with E-state index in [9.17, 15) is 14.4 Å². The summed E-state index contributed by atoms with van der Waals surface area (Å²) in [5.74, 6) is -0.382. The smallest absolute Gasteiger partial charge is 0.329 e. The topological polar surface area (TPSA) is 84.0 Å². The average molecular weight is 413 g/mol. The number of fused-ring (bicyclic) bond motifs is 1. The van der Waals surface area contributed by atoms with Gasteiger partial charge in [-0.25, -0.2) is 9.36 Å². The van der Waals surface area contributed by atoms with Crippen LogP contribution in [0.1, 0.15) is 22.7 Å². The molecule has 0 aliphatic rings. The highest BCUT2D eigenvalue weighted by Gasteiger charge is 2.25. The number of para-hydroxylation sites is 1. The summed E-state index contributed by atoms with van der Waals surface area (Å²) < 4.78 is 1.03. The summed E-state index contributed by atoms with van der Waals surface area (Å²) in [5, 5.41) is 3.26. The molecular formula is C25H23N3O3. The lowest BCUT2D eigenvalue weighted by molar-refractivity contribution is -0.124. The highest BCUT2D eigenvalue weighted by molar-refractivity contribution is 5.82. The van der Waals surface area contributed by atoms with Crippen LogP contribution in [-0.4, -0.2) is 15.5 Å². The molecule has 1 atom stereocenters. The number of aryl methyl sites for hydroxylation is 1. The lowest BCUT2D eigenvalue weighted by atomic mass is 10.0. The van der Waals surface area contributed by atoms with Crippen molar-refractivity contribution >= 4 is 16.8 Å². The van der Waals surface area contributed by atoms with Crippen LogP contribution in [0.25, 0.3) is 10.9 Å². The quantitative estimate of drug-likeness (QED) is 0.509. The van der Waals surface area contributed by atoms with Gasteiger partial charge in [0, 0.05) is 13.0 Å². The Morgan fingerprint density at radius 2 is 1.58 bits per heavy atom. The number of aromatic nitrogens is 2. The Morgan fingerprint density at radius 1 is 0.903 bits per heavy atom. The minimum absolute atomic E-state index is 0.224. The maximum atomic E-state index is 13.2. The molecule has 0 aliphatic carbocycles. The molecule has 0 fully saturated rings. The van der Waals surface area contributed by atoms with Crippen LogP contribution >= 0.6 is 0 Å². The molecule has 0 radical (unpaired) electrons. The minimum atomic E-state index is -0.978. The number of hydrogen-bond donors (Lipinski definition) is 2. The van der Waals surface area contributed by atoms with Crippen molar-refractivity contribution in [3.63, 3.8) is 0 Å². The van der Waals surface area contributed by atoms with Crippen molar-refractivity contribution < 1.29 is 4.79 Å². The lowest BCUT2D eigenvalue weighted by Gasteiger charge is -2.19. The molecule has 0 spiro atoms. The Kier molecular flexibility index (Phi) is 5.80. The molecule has 1 aromatic heterocycles. The zero-order valence-corrected chi connectivity index (χ0v) is 17.2. The first-order valence-corrected chi connectivity index (χ1v) is 10.1. The zero-order chi connectivity index (χ0) is 21.8. The van der Waals surface area contributed by atoms with Gasteiger partial charge < -0.3 is 10.3 Å². The number of aromatic amines is 1. The summed E-state index contributed by atoms with van der Waals surface area (Å²) in [5.41, 5.74) is 2.30. The number of nitrogens with zero attached hydrogens (tertiary/aromatic N) is 1.